The summed E-state index contributed by atoms with van der Waals surface area (Å²) in [5.74, 6) is -2.52. The Morgan fingerprint density at radius 3 is 2.44 bits per heavy atom. The van der Waals surface area contributed by atoms with Gasteiger partial charge in [-0.2, -0.15) is 0 Å². The number of nitrogens with zero attached hydrogens (tertiary/aromatic N) is 1. The molecule has 0 aliphatic heterocycles. The molecule has 1 aromatic carbocycles. The molecular weight excluding hydrogens is 221 g/mol. The van der Waals surface area contributed by atoms with Gasteiger partial charge in [0, 0.05) is 12.1 Å². The molecule has 6 heteroatoms. The van der Waals surface area contributed by atoms with Gasteiger partial charge in [0.2, 0.25) is 0 Å². The number of benzene rings is 1. The smallest absolute Gasteiger partial charge is 0.180 e. The maximum Gasteiger partial charge on any atom is 0.180 e. The molecule has 0 spiro atoms. The van der Waals surface area contributed by atoms with Gasteiger partial charge in [0.15, 0.2) is 18.0 Å². The average Bonchev–Trinajstić information content (AvgIpc) is 2.68. The highest BCUT2D eigenvalue weighted by molar-refractivity contribution is 5.46. The van der Waals surface area contributed by atoms with Crippen LogP contribution in [0.3, 0.4) is 0 Å². The van der Waals surface area contributed by atoms with Crippen molar-refractivity contribution in [2.45, 2.75) is 6.54 Å². The summed E-state index contributed by atoms with van der Waals surface area (Å²) in [4.78, 5) is 3.64. The van der Waals surface area contributed by atoms with E-state index in [9.17, 15) is 13.2 Å². The second-order valence-corrected chi connectivity index (χ2v) is 3.07. The summed E-state index contributed by atoms with van der Waals surface area (Å²) in [7, 11) is 0. The van der Waals surface area contributed by atoms with Crippen molar-refractivity contribution in [3.63, 3.8) is 0 Å². The summed E-state index contributed by atoms with van der Waals surface area (Å²) in [6.07, 6.45) is 2.61. The van der Waals surface area contributed by atoms with Crippen LogP contribution in [-0.2, 0) is 6.54 Å². The van der Waals surface area contributed by atoms with Crippen molar-refractivity contribution in [2.24, 2.45) is 0 Å². The lowest BCUT2D eigenvalue weighted by Crippen LogP contribution is -2.03. The average molecular weight is 228 g/mol. The lowest BCUT2D eigenvalue weighted by Gasteiger charge is -2.06. The number of rotatable bonds is 3. The van der Waals surface area contributed by atoms with E-state index >= 15 is 0 Å². The van der Waals surface area contributed by atoms with E-state index in [2.05, 4.69) is 10.3 Å². The minimum atomic E-state index is -0.989. The van der Waals surface area contributed by atoms with Gasteiger partial charge in [-0.05, 0) is 0 Å². The summed E-state index contributed by atoms with van der Waals surface area (Å²) in [6.45, 7) is 0.0689. The minimum absolute atomic E-state index is 0.0689. The molecule has 3 nitrogen and oxygen atoms in total. The van der Waals surface area contributed by atoms with Crippen LogP contribution < -0.4 is 5.32 Å². The molecule has 0 saturated heterocycles. The molecule has 84 valence electrons. The van der Waals surface area contributed by atoms with Crippen molar-refractivity contribution in [3.05, 3.63) is 47.9 Å². The van der Waals surface area contributed by atoms with Crippen LogP contribution in [0.2, 0.25) is 0 Å². The first kappa shape index (κ1) is 10.5. The number of anilines is 1. The zero-order valence-corrected chi connectivity index (χ0v) is 8.01. The molecule has 0 fully saturated rings. The van der Waals surface area contributed by atoms with Crippen molar-refractivity contribution in [3.8, 4) is 0 Å². The highest BCUT2D eigenvalue weighted by Crippen LogP contribution is 2.20. The Labute approximate surface area is 88.9 Å². The number of aromatic nitrogens is 1. The fourth-order valence-electron chi connectivity index (χ4n) is 1.22. The van der Waals surface area contributed by atoms with Crippen LogP contribution >= 0.6 is 0 Å². The zero-order chi connectivity index (χ0) is 11.5. The van der Waals surface area contributed by atoms with Gasteiger partial charge in [-0.25, -0.2) is 18.2 Å². The van der Waals surface area contributed by atoms with Crippen molar-refractivity contribution >= 4 is 5.69 Å². The first-order chi connectivity index (χ1) is 7.66. The van der Waals surface area contributed by atoms with Gasteiger partial charge in [-0.15, -0.1) is 0 Å². The summed E-state index contributed by atoms with van der Waals surface area (Å²) in [5.41, 5.74) is -0.391. The Bertz CT molecular complexity index is 462. The van der Waals surface area contributed by atoms with Gasteiger partial charge < -0.3 is 9.73 Å². The Hall–Kier alpha value is -1.98. The molecule has 0 saturated carbocycles. The lowest BCUT2D eigenvalue weighted by atomic mass is 10.2. The van der Waals surface area contributed by atoms with Crippen molar-refractivity contribution in [1.82, 2.24) is 4.98 Å². The van der Waals surface area contributed by atoms with Gasteiger partial charge in [0.05, 0.1) is 12.7 Å². The van der Waals surface area contributed by atoms with Gasteiger partial charge in [0.1, 0.15) is 17.3 Å². The molecular formula is C10H7F3N2O. The van der Waals surface area contributed by atoms with Gasteiger partial charge in [-0.1, -0.05) is 0 Å². The molecule has 2 aromatic rings. The largest absolute Gasteiger partial charge is 0.447 e. The minimum Gasteiger partial charge on any atom is -0.447 e. The molecule has 0 unspecified atom stereocenters. The van der Waals surface area contributed by atoms with Crippen LogP contribution in [0.4, 0.5) is 18.9 Å². The molecule has 0 aliphatic carbocycles. The molecule has 0 aliphatic rings. The summed E-state index contributed by atoms with van der Waals surface area (Å²) < 4.78 is 43.8. The molecule has 2 rings (SSSR count). The van der Waals surface area contributed by atoms with Crippen LogP contribution in [0.1, 0.15) is 5.76 Å². The van der Waals surface area contributed by atoms with E-state index in [4.69, 9.17) is 4.42 Å². The van der Waals surface area contributed by atoms with Gasteiger partial charge >= 0.3 is 0 Å². The third kappa shape index (κ3) is 2.16. The fourth-order valence-corrected chi connectivity index (χ4v) is 1.22. The summed E-state index contributed by atoms with van der Waals surface area (Å²) in [5, 5.41) is 2.46. The monoisotopic (exact) mass is 228 g/mol. The highest BCUT2D eigenvalue weighted by atomic mass is 19.1. The predicted molar refractivity (Wildman–Crippen MR) is 50.1 cm³/mol. The van der Waals surface area contributed by atoms with Crippen molar-refractivity contribution in [1.29, 1.82) is 0 Å². The molecule has 1 aromatic heterocycles. The standard InChI is InChI=1S/C10H7F3N2O/c11-6-1-8(12)10(9(13)2-6)15-4-7-3-14-5-16-7/h1-3,5,15H,4H2. The SMILES string of the molecule is Fc1cc(F)c(NCc2cnco2)c(F)c1. The molecule has 0 atom stereocenters. The maximum absolute atomic E-state index is 13.2. The van der Waals surface area contributed by atoms with Crippen molar-refractivity contribution < 1.29 is 17.6 Å². The number of oxazole rings is 1. The van der Waals surface area contributed by atoms with Gasteiger partial charge in [0.25, 0.3) is 0 Å². The van der Waals surface area contributed by atoms with E-state index in [0.717, 1.165) is 0 Å². The Morgan fingerprint density at radius 1 is 1.19 bits per heavy atom. The second kappa shape index (κ2) is 4.26. The lowest BCUT2D eigenvalue weighted by molar-refractivity contribution is 0.508. The Balaban J connectivity index is 2.15. The van der Waals surface area contributed by atoms with E-state index < -0.39 is 23.1 Å². The molecule has 1 N–H and O–H groups in total. The Morgan fingerprint density at radius 2 is 1.88 bits per heavy atom. The highest BCUT2D eigenvalue weighted by Gasteiger charge is 2.11. The van der Waals surface area contributed by atoms with Gasteiger partial charge in [-0.3, -0.25) is 0 Å². The third-order valence-electron chi connectivity index (χ3n) is 1.93. The second-order valence-electron chi connectivity index (χ2n) is 3.07. The molecule has 1 heterocycles. The normalized spacial score (nSPS) is 10.4. The van der Waals surface area contributed by atoms with Crippen molar-refractivity contribution in [2.75, 3.05) is 5.32 Å². The first-order valence-corrected chi connectivity index (χ1v) is 4.42. The van der Waals surface area contributed by atoms with E-state index in [1.54, 1.807) is 0 Å². The fraction of sp³-hybridized carbons (Fsp3) is 0.100. The molecule has 16 heavy (non-hydrogen) atoms. The zero-order valence-electron chi connectivity index (χ0n) is 8.01. The first-order valence-electron chi connectivity index (χ1n) is 4.42. The van der Waals surface area contributed by atoms with E-state index in [-0.39, 0.29) is 6.54 Å². The van der Waals surface area contributed by atoms with Crippen LogP contribution in [0.25, 0.3) is 0 Å². The van der Waals surface area contributed by atoms with E-state index in [1.807, 2.05) is 0 Å². The molecule has 0 bridgehead atoms. The van der Waals surface area contributed by atoms with Crippen LogP contribution in [0.5, 0.6) is 0 Å². The summed E-state index contributed by atoms with van der Waals surface area (Å²) >= 11 is 0. The maximum atomic E-state index is 13.2. The number of hydrogen-bond donors (Lipinski definition) is 1. The van der Waals surface area contributed by atoms with E-state index in [0.29, 0.717) is 17.9 Å². The topological polar surface area (TPSA) is 38.1 Å². The van der Waals surface area contributed by atoms with Crippen LogP contribution in [-0.4, -0.2) is 4.98 Å². The molecule has 0 radical (unpaired) electrons. The number of halogens is 3. The summed E-state index contributed by atoms with van der Waals surface area (Å²) in [6, 6.07) is 1.21. The third-order valence-corrected chi connectivity index (χ3v) is 1.93. The Kier molecular flexibility index (Phi) is 2.80. The quantitative estimate of drug-likeness (QED) is 0.877. The number of hydrogen-bond acceptors (Lipinski definition) is 3. The van der Waals surface area contributed by atoms with E-state index in [1.165, 1.54) is 12.6 Å². The number of nitrogens with one attached hydrogen (secondary N) is 1. The predicted octanol–water partition coefficient (Wildman–Crippen LogP) is 2.70. The van der Waals surface area contributed by atoms with Crippen LogP contribution in [0, 0.1) is 17.5 Å². The van der Waals surface area contributed by atoms with Crippen LogP contribution in [0.15, 0.2) is 29.1 Å². The molecule has 0 amide bonds.